The second-order valence-electron chi connectivity index (χ2n) is 2.99. The zero-order valence-electron chi connectivity index (χ0n) is 7.96. The van der Waals surface area contributed by atoms with E-state index in [0.717, 1.165) is 12.5 Å². The van der Waals surface area contributed by atoms with E-state index in [0.29, 0.717) is 11.3 Å². The minimum atomic E-state index is -1.16. The Bertz CT molecular complexity index is 545. The van der Waals surface area contributed by atoms with Crippen molar-refractivity contribution < 1.29 is 14.3 Å². The van der Waals surface area contributed by atoms with Gasteiger partial charge in [-0.15, -0.1) is 0 Å². The van der Waals surface area contributed by atoms with Crippen molar-refractivity contribution in [2.24, 2.45) is 0 Å². The Hall–Kier alpha value is -2.37. The zero-order chi connectivity index (χ0) is 11.5. The molecule has 0 aliphatic rings. The molecule has 0 aromatic carbocycles. The van der Waals surface area contributed by atoms with Crippen molar-refractivity contribution in [2.75, 3.05) is 0 Å². The fraction of sp³-hybridized carbons (Fsp3) is 0. The van der Waals surface area contributed by atoms with Crippen LogP contribution in [0.4, 0.5) is 4.39 Å². The first kappa shape index (κ1) is 10.2. The quantitative estimate of drug-likeness (QED) is 0.825. The van der Waals surface area contributed by atoms with Crippen molar-refractivity contribution in [3.63, 3.8) is 0 Å². The Morgan fingerprint density at radius 1 is 1.25 bits per heavy atom. The summed E-state index contributed by atoms with van der Waals surface area (Å²) in [4.78, 5) is 21.7. The van der Waals surface area contributed by atoms with Gasteiger partial charge in [-0.05, 0) is 12.1 Å². The number of rotatable bonds is 2. The van der Waals surface area contributed by atoms with Crippen molar-refractivity contribution in [1.82, 2.24) is 15.0 Å². The predicted octanol–water partition coefficient (Wildman–Crippen LogP) is 1.38. The van der Waals surface area contributed by atoms with E-state index in [9.17, 15) is 9.18 Å². The predicted molar refractivity (Wildman–Crippen MR) is 52.2 cm³/mol. The number of pyridine rings is 1. The fourth-order valence-corrected chi connectivity index (χ4v) is 1.18. The Balaban J connectivity index is 2.48. The first-order valence-electron chi connectivity index (χ1n) is 4.33. The lowest BCUT2D eigenvalue weighted by molar-refractivity contribution is 0.0690. The third kappa shape index (κ3) is 2.00. The van der Waals surface area contributed by atoms with Crippen LogP contribution in [-0.2, 0) is 0 Å². The Morgan fingerprint density at radius 3 is 2.75 bits per heavy atom. The highest BCUT2D eigenvalue weighted by molar-refractivity contribution is 5.86. The molecule has 2 rings (SSSR count). The lowest BCUT2D eigenvalue weighted by atomic mass is 10.2. The maximum atomic E-state index is 12.9. The molecule has 0 amide bonds. The van der Waals surface area contributed by atoms with Gasteiger partial charge in [-0.3, -0.25) is 4.98 Å². The van der Waals surface area contributed by atoms with Crippen LogP contribution in [0.5, 0.6) is 0 Å². The number of hydrogen-bond donors (Lipinski definition) is 1. The van der Waals surface area contributed by atoms with Crippen LogP contribution in [-0.4, -0.2) is 26.0 Å². The molecule has 0 atom stereocenters. The van der Waals surface area contributed by atoms with Crippen molar-refractivity contribution in [1.29, 1.82) is 0 Å². The molecule has 2 aromatic heterocycles. The normalized spacial score (nSPS) is 10.1. The van der Waals surface area contributed by atoms with Gasteiger partial charge >= 0.3 is 5.97 Å². The molecule has 0 radical (unpaired) electrons. The van der Waals surface area contributed by atoms with E-state index in [1.54, 1.807) is 0 Å². The van der Waals surface area contributed by atoms with E-state index in [1.165, 1.54) is 18.3 Å². The van der Waals surface area contributed by atoms with Gasteiger partial charge in [-0.25, -0.2) is 19.2 Å². The van der Waals surface area contributed by atoms with Crippen LogP contribution >= 0.6 is 0 Å². The first-order chi connectivity index (χ1) is 7.66. The highest BCUT2D eigenvalue weighted by atomic mass is 19.1. The average Bonchev–Trinajstić information content (AvgIpc) is 2.29. The summed E-state index contributed by atoms with van der Waals surface area (Å²) in [5, 5.41) is 8.73. The number of hydrogen-bond acceptors (Lipinski definition) is 4. The maximum Gasteiger partial charge on any atom is 0.354 e. The van der Waals surface area contributed by atoms with Gasteiger partial charge in [0.2, 0.25) is 0 Å². The van der Waals surface area contributed by atoms with Gasteiger partial charge in [-0.1, -0.05) is 0 Å². The molecule has 0 saturated heterocycles. The molecule has 16 heavy (non-hydrogen) atoms. The van der Waals surface area contributed by atoms with Crippen LogP contribution in [0, 0.1) is 5.82 Å². The molecule has 0 aliphatic carbocycles. The van der Waals surface area contributed by atoms with Crippen molar-refractivity contribution in [3.05, 3.63) is 42.4 Å². The molecule has 0 saturated carbocycles. The fourth-order valence-electron chi connectivity index (χ4n) is 1.18. The first-order valence-corrected chi connectivity index (χ1v) is 4.33. The molecule has 1 N–H and O–H groups in total. The number of carbonyl (C=O) groups is 1. The molecule has 0 unspecified atom stereocenters. The number of nitrogens with zero attached hydrogens (tertiary/aromatic N) is 3. The van der Waals surface area contributed by atoms with Gasteiger partial charge in [0.05, 0.1) is 11.9 Å². The zero-order valence-corrected chi connectivity index (χ0v) is 7.96. The summed E-state index contributed by atoms with van der Waals surface area (Å²) in [6, 6.07) is 2.49. The Labute approximate surface area is 89.6 Å². The van der Waals surface area contributed by atoms with E-state index in [-0.39, 0.29) is 5.69 Å². The summed E-state index contributed by atoms with van der Waals surface area (Å²) >= 11 is 0. The smallest absolute Gasteiger partial charge is 0.354 e. The van der Waals surface area contributed by atoms with Gasteiger partial charge in [0.1, 0.15) is 12.1 Å². The standard InChI is InChI=1S/C10H6FN3O2/c11-7-1-6(3-12-4-7)8-2-9(10(15)16)14-5-13-8/h1-5H,(H,15,16). The number of halogens is 1. The van der Waals surface area contributed by atoms with Gasteiger partial charge in [0, 0.05) is 11.8 Å². The van der Waals surface area contributed by atoms with E-state index in [1.807, 2.05) is 0 Å². The summed E-state index contributed by atoms with van der Waals surface area (Å²) < 4.78 is 12.9. The number of carboxylic acid groups (broad SMARTS) is 1. The van der Waals surface area contributed by atoms with Crippen molar-refractivity contribution in [3.8, 4) is 11.3 Å². The summed E-state index contributed by atoms with van der Waals surface area (Å²) in [5.41, 5.74) is 0.582. The van der Waals surface area contributed by atoms with Crippen molar-refractivity contribution >= 4 is 5.97 Å². The molecule has 5 nitrogen and oxygen atoms in total. The summed E-state index contributed by atoms with van der Waals surface area (Å²) in [7, 11) is 0. The van der Waals surface area contributed by atoms with Crippen molar-refractivity contribution in [2.45, 2.75) is 0 Å². The van der Waals surface area contributed by atoms with Crippen LogP contribution in [0.1, 0.15) is 10.5 Å². The van der Waals surface area contributed by atoms with Crippen LogP contribution in [0.15, 0.2) is 30.9 Å². The summed E-state index contributed by atoms with van der Waals surface area (Å²) in [6.45, 7) is 0. The summed E-state index contributed by atoms with van der Waals surface area (Å²) in [6.07, 6.45) is 3.57. The molecule has 0 aliphatic heterocycles. The Kier molecular flexibility index (Phi) is 2.55. The molecular formula is C10H6FN3O2. The molecular weight excluding hydrogens is 213 g/mol. The third-order valence-corrected chi connectivity index (χ3v) is 1.89. The number of aromatic nitrogens is 3. The molecule has 2 heterocycles. The van der Waals surface area contributed by atoms with Crippen LogP contribution < -0.4 is 0 Å². The van der Waals surface area contributed by atoms with E-state index in [4.69, 9.17) is 5.11 Å². The van der Waals surface area contributed by atoms with Gasteiger partial charge in [0.15, 0.2) is 5.69 Å². The van der Waals surface area contributed by atoms with Crippen LogP contribution in [0.2, 0.25) is 0 Å². The molecule has 80 valence electrons. The SMILES string of the molecule is O=C(O)c1cc(-c2cncc(F)c2)ncn1. The minimum Gasteiger partial charge on any atom is -0.477 e. The number of carboxylic acids is 1. The number of aromatic carboxylic acids is 1. The van der Waals surface area contributed by atoms with Crippen LogP contribution in [0.3, 0.4) is 0 Å². The largest absolute Gasteiger partial charge is 0.477 e. The van der Waals surface area contributed by atoms with Gasteiger partial charge in [-0.2, -0.15) is 0 Å². The molecule has 0 spiro atoms. The lowest BCUT2D eigenvalue weighted by Crippen LogP contribution is -2.01. The summed E-state index contributed by atoms with van der Waals surface area (Å²) in [5.74, 6) is -1.67. The molecule has 2 aromatic rings. The van der Waals surface area contributed by atoms with E-state index < -0.39 is 11.8 Å². The molecule has 0 bridgehead atoms. The second-order valence-corrected chi connectivity index (χ2v) is 2.99. The molecule has 0 fully saturated rings. The van der Waals surface area contributed by atoms with Crippen LogP contribution in [0.25, 0.3) is 11.3 Å². The third-order valence-electron chi connectivity index (χ3n) is 1.89. The highest BCUT2D eigenvalue weighted by Crippen LogP contribution is 2.16. The van der Waals surface area contributed by atoms with Gasteiger partial charge in [0.25, 0.3) is 0 Å². The minimum absolute atomic E-state index is 0.144. The molecule has 6 heteroatoms. The van der Waals surface area contributed by atoms with E-state index in [2.05, 4.69) is 15.0 Å². The average molecular weight is 219 g/mol. The topological polar surface area (TPSA) is 76.0 Å². The van der Waals surface area contributed by atoms with E-state index >= 15 is 0 Å². The Morgan fingerprint density at radius 2 is 2.06 bits per heavy atom. The lowest BCUT2D eigenvalue weighted by Gasteiger charge is -2.00. The maximum absolute atomic E-state index is 12.9. The monoisotopic (exact) mass is 219 g/mol. The van der Waals surface area contributed by atoms with Gasteiger partial charge < -0.3 is 5.11 Å². The second kappa shape index (κ2) is 4.01. The highest BCUT2D eigenvalue weighted by Gasteiger charge is 2.08.